The van der Waals surface area contributed by atoms with Crippen molar-refractivity contribution in [3.8, 4) is 11.3 Å². The number of rotatable bonds is 3. The van der Waals surface area contributed by atoms with E-state index < -0.39 is 0 Å². The third-order valence-electron chi connectivity index (χ3n) is 3.38. The first kappa shape index (κ1) is 15.2. The molecule has 2 amide bonds. The van der Waals surface area contributed by atoms with Crippen LogP contribution in [0.25, 0.3) is 11.3 Å². The van der Waals surface area contributed by atoms with Gasteiger partial charge in [0.2, 0.25) is 11.8 Å². The van der Waals surface area contributed by atoms with Gasteiger partial charge < -0.3 is 10.3 Å². The van der Waals surface area contributed by atoms with E-state index in [1.807, 2.05) is 30.6 Å². The number of carbonyl (C=O) groups is 2. The van der Waals surface area contributed by atoms with Gasteiger partial charge in [-0.15, -0.1) is 11.3 Å². The van der Waals surface area contributed by atoms with Crippen LogP contribution in [-0.4, -0.2) is 26.7 Å². The Bertz CT molecular complexity index is 775. The Labute approximate surface area is 137 Å². The summed E-state index contributed by atoms with van der Waals surface area (Å²) < 4.78 is 0. The average Bonchev–Trinajstić information content (AvgIpc) is 3.15. The van der Waals surface area contributed by atoms with Crippen molar-refractivity contribution in [1.29, 1.82) is 0 Å². The second-order valence-electron chi connectivity index (χ2n) is 5.15. The minimum absolute atomic E-state index is 0.00973. The first-order chi connectivity index (χ1) is 11.0. The zero-order chi connectivity index (χ0) is 16.4. The molecule has 0 saturated heterocycles. The van der Waals surface area contributed by atoms with Crippen molar-refractivity contribution >= 4 is 28.3 Å². The van der Waals surface area contributed by atoms with Crippen LogP contribution >= 0.6 is 11.3 Å². The van der Waals surface area contributed by atoms with Gasteiger partial charge in [0, 0.05) is 55.0 Å². The quantitative estimate of drug-likeness (QED) is 0.909. The van der Waals surface area contributed by atoms with Crippen molar-refractivity contribution in [2.45, 2.75) is 19.8 Å². The van der Waals surface area contributed by atoms with Gasteiger partial charge >= 0.3 is 0 Å². The van der Waals surface area contributed by atoms with Gasteiger partial charge in [-0.3, -0.25) is 14.5 Å². The Hall–Kier alpha value is -2.67. The van der Waals surface area contributed by atoms with E-state index in [4.69, 9.17) is 0 Å². The number of thiazole rings is 1. The number of carbonyl (C=O) groups excluding carboxylic acids is 2. The lowest BCUT2D eigenvalue weighted by Gasteiger charge is -2.18. The molecule has 0 aliphatic carbocycles. The molecule has 0 saturated carbocycles. The SMILES string of the molecule is CC(=O)Nc1nc(-c2cc[nH]c2)c(C2C=CN(C(C)=O)C=C2)s1. The van der Waals surface area contributed by atoms with E-state index in [1.54, 1.807) is 12.4 Å². The van der Waals surface area contributed by atoms with Crippen LogP contribution in [0.2, 0.25) is 0 Å². The fourth-order valence-electron chi connectivity index (χ4n) is 2.31. The maximum atomic E-state index is 11.4. The summed E-state index contributed by atoms with van der Waals surface area (Å²) in [5, 5.41) is 3.31. The van der Waals surface area contributed by atoms with Crippen LogP contribution in [0.1, 0.15) is 24.6 Å². The first-order valence-corrected chi connectivity index (χ1v) is 7.93. The average molecular weight is 328 g/mol. The summed E-state index contributed by atoms with van der Waals surface area (Å²) in [6, 6.07) is 1.94. The van der Waals surface area contributed by atoms with E-state index in [0.29, 0.717) is 5.13 Å². The molecule has 0 aromatic carbocycles. The standard InChI is InChI=1S/C16H16N4O2S/c1-10(21)18-16-19-14(13-3-6-17-9-13)15(23-16)12-4-7-20(8-5-12)11(2)22/h3-9,12,17H,1-2H3,(H,18,19,21). The molecule has 0 bridgehead atoms. The summed E-state index contributed by atoms with van der Waals surface area (Å²) in [7, 11) is 0. The molecular weight excluding hydrogens is 312 g/mol. The second kappa shape index (κ2) is 6.21. The molecule has 0 unspecified atom stereocenters. The molecule has 0 radical (unpaired) electrons. The van der Waals surface area contributed by atoms with Crippen LogP contribution in [-0.2, 0) is 9.59 Å². The fraction of sp³-hybridized carbons (Fsp3) is 0.188. The number of aromatic amines is 1. The summed E-state index contributed by atoms with van der Waals surface area (Å²) in [5.41, 5.74) is 1.79. The molecule has 0 fully saturated rings. The smallest absolute Gasteiger partial charge is 0.227 e. The molecular formula is C16H16N4O2S. The second-order valence-corrected chi connectivity index (χ2v) is 6.18. The number of hydrogen-bond acceptors (Lipinski definition) is 4. The first-order valence-electron chi connectivity index (χ1n) is 7.11. The summed E-state index contributed by atoms with van der Waals surface area (Å²) in [6.07, 6.45) is 11.1. The molecule has 0 atom stereocenters. The van der Waals surface area contributed by atoms with E-state index >= 15 is 0 Å². The Morgan fingerprint density at radius 2 is 2.04 bits per heavy atom. The molecule has 1 aliphatic rings. The largest absolute Gasteiger partial charge is 0.367 e. The van der Waals surface area contributed by atoms with Crippen molar-refractivity contribution in [2.24, 2.45) is 0 Å². The number of H-pyrrole nitrogens is 1. The number of aromatic nitrogens is 2. The lowest BCUT2D eigenvalue weighted by molar-refractivity contribution is -0.124. The molecule has 2 aromatic heterocycles. The topological polar surface area (TPSA) is 78.1 Å². The van der Waals surface area contributed by atoms with Crippen molar-refractivity contribution in [3.63, 3.8) is 0 Å². The number of anilines is 1. The maximum Gasteiger partial charge on any atom is 0.227 e. The normalized spacial score (nSPS) is 14.3. The highest BCUT2D eigenvalue weighted by atomic mass is 32.1. The van der Waals surface area contributed by atoms with Crippen LogP contribution in [0.3, 0.4) is 0 Å². The Morgan fingerprint density at radius 3 is 2.61 bits per heavy atom. The van der Waals surface area contributed by atoms with Gasteiger partial charge in [-0.25, -0.2) is 4.98 Å². The van der Waals surface area contributed by atoms with Crippen molar-refractivity contribution in [1.82, 2.24) is 14.9 Å². The van der Waals surface area contributed by atoms with E-state index in [2.05, 4.69) is 15.3 Å². The van der Waals surface area contributed by atoms with Gasteiger partial charge in [0.25, 0.3) is 0 Å². The van der Waals surface area contributed by atoms with Crippen molar-refractivity contribution in [3.05, 3.63) is 47.9 Å². The lowest BCUT2D eigenvalue weighted by atomic mass is 10.0. The van der Waals surface area contributed by atoms with E-state index in [9.17, 15) is 9.59 Å². The van der Waals surface area contributed by atoms with Crippen LogP contribution in [0, 0.1) is 0 Å². The summed E-state index contributed by atoms with van der Waals surface area (Å²) >= 11 is 1.44. The van der Waals surface area contributed by atoms with Gasteiger partial charge in [0.1, 0.15) is 0 Å². The molecule has 6 nitrogen and oxygen atoms in total. The lowest BCUT2D eigenvalue weighted by Crippen LogP contribution is -2.18. The predicted octanol–water partition coefficient (Wildman–Crippen LogP) is 3.07. The zero-order valence-electron chi connectivity index (χ0n) is 12.7. The third-order valence-corrected chi connectivity index (χ3v) is 4.45. The van der Waals surface area contributed by atoms with Crippen LogP contribution in [0.4, 0.5) is 5.13 Å². The van der Waals surface area contributed by atoms with Crippen molar-refractivity contribution < 1.29 is 9.59 Å². The molecule has 2 aromatic rings. The number of hydrogen-bond donors (Lipinski definition) is 2. The van der Waals surface area contributed by atoms with E-state index in [0.717, 1.165) is 16.1 Å². The van der Waals surface area contributed by atoms with Crippen LogP contribution in [0.15, 0.2) is 43.0 Å². The van der Waals surface area contributed by atoms with Crippen LogP contribution in [0.5, 0.6) is 0 Å². The highest BCUT2D eigenvalue weighted by molar-refractivity contribution is 7.16. The monoisotopic (exact) mass is 328 g/mol. The van der Waals surface area contributed by atoms with Gasteiger partial charge in [-0.2, -0.15) is 0 Å². The van der Waals surface area contributed by atoms with E-state index in [1.165, 1.54) is 30.1 Å². The number of allylic oxidation sites excluding steroid dienone is 2. The van der Waals surface area contributed by atoms with Crippen LogP contribution < -0.4 is 5.32 Å². The predicted molar refractivity (Wildman–Crippen MR) is 89.7 cm³/mol. The summed E-state index contributed by atoms with van der Waals surface area (Å²) in [5.74, 6) is -0.177. The zero-order valence-corrected chi connectivity index (χ0v) is 13.6. The minimum atomic E-state index is -0.150. The number of nitrogens with zero attached hydrogens (tertiary/aromatic N) is 2. The molecule has 3 rings (SSSR count). The molecule has 0 spiro atoms. The molecule has 118 valence electrons. The minimum Gasteiger partial charge on any atom is -0.367 e. The molecule has 1 aliphatic heterocycles. The third kappa shape index (κ3) is 3.24. The van der Waals surface area contributed by atoms with Gasteiger partial charge in [-0.1, -0.05) is 12.2 Å². The summed E-state index contributed by atoms with van der Waals surface area (Å²) in [6.45, 7) is 2.98. The van der Waals surface area contributed by atoms with Gasteiger partial charge in [0.05, 0.1) is 5.69 Å². The van der Waals surface area contributed by atoms with E-state index in [-0.39, 0.29) is 17.7 Å². The highest BCUT2D eigenvalue weighted by Crippen LogP contribution is 2.38. The maximum absolute atomic E-state index is 11.4. The molecule has 23 heavy (non-hydrogen) atoms. The van der Waals surface area contributed by atoms with Crippen molar-refractivity contribution in [2.75, 3.05) is 5.32 Å². The Kier molecular flexibility index (Phi) is 4.12. The summed E-state index contributed by atoms with van der Waals surface area (Å²) in [4.78, 5) is 32.8. The van der Waals surface area contributed by atoms with Gasteiger partial charge in [-0.05, 0) is 6.07 Å². The van der Waals surface area contributed by atoms with Gasteiger partial charge in [0.15, 0.2) is 5.13 Å². The Morgan fingerprint density at radius 1 is 1.30 bits per heavy atom. The molecule has 2 N–H and O–H groups in total. The highest BCUT2D eigenvalue weighted by Gasteiger charge is 2.21. The number of nitrogens with one attached hydrogen (secondary N) is 2. The molecule has 3 heterocycles. The fourth-order valence-corrected chi connectivity index (χ4v) is 3.40. The number of amides is 2. The molecule has 7 heteroatoms. The Balaban J connectivity index is 1.96.